The van der Waals surface area contributed by atoms with Gasteiger partial charge in [-0.2, -0.15) is 0 Å². The molecule has 0 spiro atoms. The van der Waals surface area contributed by atoms with E-state index in [-0.39, 0.29) is 23.9 Å². The highest BCUT2D eigenvalue weighted by Crippen LogP contribution is 2.30. The molecule has 8 nitrogen and oxygen atoms in total. The van der Waals surface area contributed by atoms with E-state index in [4.69, 9.17) is 4.74 Å². The van der Waals surface area contributed by atoms with E-state index < -0.39 is 0 Å². The Labute approximate surface area is 192 Å². The number of rotatable bonds is 8. The first kappa shape index (κ1) is 22.7. The minimum absolute atomic E-state index is 0.110. The molecule has 2 aromatic carbocycles. The molecule has 0 radical (unpaired) electrons. The van der Waals surface area contributed by atoms with Gasteiger partial charge >= 0.3 is 0 Å². The second-order valence-electron chi connectivity index (χ2n) is 8.08. The molecule has 1 aliphatic rings. The number of aromatic nitrogens is 3. The number of nitrogens with zero attached hydrogens (tertiary/aromatic N) is 4. The molecular formula is C24H28FN5O3. The topological polar surface area (TPSA) is 92.5 Å². The Morgan fingerprint density at radius 2 is 1.97 bits per heavy atom. The van der Waals surface area contributed by atoms with Crippen LogP contribution in [0.25, 0.3) is 0 Å². The first-order chi connectivity index (χ1) is 16.0. The van der Waals surface area contributed by atoms with Crippen molar-refractivity contribution in [1.29, 1.82) is 0 Å². The molecule has 0 atom stereocenters. The van der Waals surface area contributed by atoms with Crippen molar-refractivity contribution in [3.8, 4) is 11.5 Å². The maximum Gasteiger partial charge on any atom is 0.224 e. The number of amides is 1. The van der Waals surface area contributed by atoms with Crippen LogP contribution in [-0.2, 0) is 37.1 Å². The minimum atomic E-state index is -0.314. The molecule has 1 aliphatic heterocycles. The van der Waals surface area contributed by atoms with E-state index >= 15 is 0 Å². The van der Waals surface area contributed by atoms with Gasteiger partial charge in [0.2, 0.25) is 5.91 Å². The van der Waals surface area contributed by atoms with E-state index in [0.717, 1.165) is 48.8 Å². The minimum Gasteiger partial charge on any atom is -0.504 e. The fourth-order valence-electron chi connectivity index (χ4n) is 4.03. The molecule has 33 heavy (non-hydrogen) atoms. The maximum absolute atomic E-state index is 13.0. The van der Waals surface area contributed by atoms with Gasteiger partial charge in [0.15, 0.2) is 11.5 Å². The summed E-state index contributed by atoms with van der Waals surface area (Å²) in [6.45, 7) is 3.43. The lowest BCUT2D eigenvalue weighted by atomic mass is 10.1. The molecule has 9 heteroatoms. The number of carbonyl (C=O) groups excluding carboxylic acids is 1. The van der Waals surface area contributed by atoms with Gasteiger partial charge in [-0.3, -0.25) is 9.69 Å². The smallest absolute Gasteiger partial charge is 0.224 e. The van der Waals surface area contributed by atoms with Crippen molar-refractivity contribution in [3.63, 3.8) is 0 Å². The average molecular weight is 454 g/mol. The molecule has 0 bridgehead atoms. The molecule has 174 valence electrons. The van der Waals surface area contributed by atoms with Crippen LogP contribution in [0.5, 0.6) is 11.5 Å². The molecule has 2 heterocycles. The van der Waals surface area contributed by atoms with Gasteiger partial charge in [-0.25, -0.2) is 4.39 Å². The Balaban J connectivity index is 1.29. The molecule has 0 saturated carbocycles. The second-order valence-corrected chi connectivity index (χ2v) is 8.08. The summed E-state index contributed by atoms with van der Waals surface area (Å²) in [5.74, 6) is 2.01. The number of aromatic hydroxyl groups is 1. The lowest BCUT2D eigenvalue weighted by Crippen LogP contribution is -2.28. The normalized spacial score (nSPS) is 13.9. The third-order valence-electron chi connectivity index (χ3n) is 5.84. The molecule has 3 aromatic rings. The zero-order valence-corrected chi connectivity index (χ0v) is 18.6. The van der Waals surface area contributed by atoms with Crippen molar-refractivity contribution in [3.05, 3.63) is 71.1 Å². The Morgan fingerprint density at radius 1 is 1.15 bits per heavy atom. The van der Waals surface area contributed by atoms with Crippen molar-refractivity contribution in [1.82, 2.24) is 25.0 Å². The van der Waals surface area contributed by atoms with E-state index in [1.54, 1.807) is 25.3 Å². The molecular weight excluding hydrogens is 425 g/mol. The van der Waals surface area contributed by atoms with Crippen LogP contribution in [0.3, 0.4) is 0 Å². The van der Waals surface area contributed by atoms with Crippen LogP contribution >= 0.6 is 0 Å². The first-order valence-electron chi connectivity index (χ1n) is 11.0. The Kier molecular flexibility index (Phi) is 7.19. The van der Waals surface area contributed by atoms with Gasteiger partial charge in [0.1, 0.15) is 17.5 Å². The highest BCUT2D eigenvalue weighted by Gasteiger charge is 2.20. The third-order valence-corrected chi connectivity index (χ3v) is 5.84. The largest absolute Gasteiger partial charge is 0.504 e. The molecule has 0 unspecified atom stereocenters. The zero-order valence-electron chi connectivity index (χ0n) is 18.6. The van der Waals surface area contributed by atoms with Crippen LogP contribution in [-0.4, -0.2) is 57.4 Å². The van der Waals surface area contributed by atoms with Crippen LogP contribution in [0.1, 0.15) is 22.8 Å². The molecule has 0 aliphatic carbocycles. The average Bonchev–Trinajstić information content (AvgIpc) is 3.08. The number of para-hydroxylation sites is 1. The number of hydrogen-bond acceptors (Lipinski definition) is 6. The van der Waals surface area contributed by atoms with E-state index in [1.807, 2.05) is 12.1 Å². The highest BCUT2D eigenvalue weighted by atomic mass is 19.1. The van der Waals surface area contributed by atoms with Crippen LogP contribution in [0, 0.1) is 5.82 Å². The van der Waals surface area contributed by atoms with E-state index in [0.29, 0.717) is 25.3 Å². The predicted octanol–water partition coefficient (Wildman–Crippen LogP) is 2.09. The molecule has 0 fully saturated rings. The summed E-state index contributed by atoms with van der Waals surface area (Å²) >= 11 is 0. The SMILES string of the molecule is COc1cccc(CN2CCc3nnc(CCNC(=O)Cc4ccc(F)cc4)n3CC2)c1O. The van der Waals surface area contributed by atoms with Gasteiger partial charge in [-0.05, 0) is 23.8 Å². The van der Waals surface area contributed by atoms with Gasteiger partial charge in [0.25, 0.3) is 0 Å². The Bertz CT molecular complexity index is 1100. The summed E-state index contributed by atoms with van der Waals surface area (Å²) in [4.78, 5) is 14.5. The number of nitrogens with one attached hydrogen (secondary N) is 1. The molecule has 1 aromatic heterocycles. The van der Waals surface area contributed by atoms with Gasteiger partial charge in [0.05, 0.1) is 13.5 Å². The lowest BCUT2D eigenvalue weighted by molar-refractivity contribution is -0.120. The summed E-state index contributed by atoms with van der Waals surface area (Å²) in [6, 6.07) is 11.5. The Hall–Kier alpha value is -3.46. The van der Waals surface area contributed by atoms with Crippen LogP contribution in [0.4, 0.5) is 4.39 Å². The van der Waals surface area contributed by atoms with Crippen molar-refractivity contribution >= 4 is 5.91 Å². The first-order valence-corrected chi connectivity index (χ1v) is 11.0. The van der Waals surface area contributed by atoms with Crippen LogP contribution in [0.2, 0.25) is 0 Å². The summed E-state index contributed by atoms with van der Waals surface area (Å²) in [5.41, 5.74) is 1.60. The van der Waals surface area contributed by atoms with Crippen molar-refractivity contribution in [2.24, 2.45) is 0 Å². The van der Waals surface area contributed by atoms with Crippen LogP contribution in [0.15, 0.2) is 42.5 Å². The number of phenols is 1. The summed E-state index contributed by atoms with van der Waals surface area (Å²) in [5, 5.41) is 22.0. The summed E-state index contributed by atoms with van der Waals surface area (Å²) in [6.07, 6.45) is 1.55. The highest BCUT2D eigenvalue weighted by molar-refractivity contribution is 5.78. The third kappa shape index (κ3) is 5.67. The summed E-state index contributed by atoms with van der Waals surface area (Å²) in [7, 11) is 1.55. The molecule has 2 N–H and O–H groups in total. The molecule has 1 amide bonds. The monoisotopic (exact) mass is 453 g/mol. The number of ether oxygens (including phenoxy) is 1. The Morgan fingerprint density at radius 3 is 2.76 bits per heavy atom. The number of halogens is 1. The number of phenolic OH excluding ortho intramolecular Hbond substituents is 1. The number of benzene rings is 2. The lowest BCUT2D eigenvalue weighted by Gasteiger charge is -2.20. The fraction of sp³-hybridized carbons (Fsp3) is 0.375. The maximum atomic E-state index is 13.0. The standard InChI is InChI=1S/C24H28FN5O3/c1-33-20-4-2-3-18(24(20)32)16-29-12-10-22-28-27-21(30(22)14-13-29)9-11-26-23(31)15-17-5-7-19(25)8-6-17/h2-8,32H,9-16H2,1H3,(H,26,31). The van der Waals surface area contributed by atoms with Crippen LogP contribution < -0.4 is 10.1 Å². The van der Waals surface area contributed by atoms with Gasteiger partial charge < -0.3 is 19.7 Å². The second kappa shape index (κ2) is 10.4. The molecule has 0 saturated heterocycles. The molecule has 4 rings (SSSR count). The predicted molar refractivity (Wildman–Crippen MR) is 120 cm³/mol. The van der Waals surface area contributed by atoms with E-state index in [1.165, 1.54) is 12.1 Å². The summed E-state index contributed by atoms with van der Waals surface area (Å²) < 4.78 is 20.3. The van der Waals surface area contributed by atoms with Crippen molar-refractivity contribution in [2.75, 3.05) is 26.7 Å². The van der Waals surface area contributed by atoms with E-state index in [2.05, 4.69) is 25.0 Å². The van der Waals surface area contributed by atoms with Gasteiger partial charge in [-0.1, -0.05) is 24.3 Å². The van der Waals surface area contributed by atoms with Crippen molar-refractivity contribution in [2.45, 2.75) is 32.4 Å². The number of hydrogen-bond donors (Lipinski definition) is 2. The van der Waals surface area contributed by atoms with Crippen molar-refractivity contribution < 1.29 is 19.0 Å². The zero-order chi connectivity index (χ0) is 23.2. The number of methoxy groups -OCH3 is 1. The fourth-order valence-corrected chi connectivity index (χ4v) is 4.03. The van der Waals surface area contributed by atoms with E-state index in [9.17, 15) is 14.3 Å². The quantitative estimate of drug-likeness (QED) is 0.543. The number of fused-ring (bicyclic) bond motifs is 1. The van der Waals surface area contributed by atoms with Gasteiger partial charge in [-0.15, -0.1) is 10.2 Å². The van der Waals surface area contributed by atoms with Gasteiger partial charge in [0, 0.05) is 51.1 Å². The number of carbonyl (C=O) groups is 1.